The molecule has 2 aromatic carbocycles. The molecule has 0 saturated heterocycles. The molecular formula is C17H15N3O5. The Balaban J connectivity index is 1.95. The first-order valence-electron chi connectivity index (χ1n) is 7.70. The molecule has 0 aliphatic heterocycles. The minimum Gasteiger partial charge on any atom is -0.345 e. The van der Waals surface area contributed by atoms with Gasteiger partial charge in [0.2, 0.25) is 0 Å². The zero-order valence-corrected chi connectivity index (χ0v) is 13.4. The maximum atomic E-state index is 12.6. The number of nitro benzene ring substituents is 2. The van der Waals surface area contributed by atoms with E-state index in [0.29, 0.717) is 0 Å². The van der Waals surface area contributed by atoms with Crippen molar-refractivity contribution >= 4 is 17.3 Å². The van der Waals surface area contributed by atoms with E-state index in [1.807, 2.05) is 24.3 Å². The van der Waals surface area contributed by atoms with Crippen LogP contribution in [0, 0.1) is 27.2 Å². The smallest absolute Gasteiger partial charge is 0.279 e. The zero-order chi connectivity index (χ0) is 18.1. The normalized spacial score (nSPS) is 15.5. The van der Waals surface area contributed by atoms with E-state index in [9.17, 15) is 25.0 Å². The zero-order valence-electron chi connectivity index (χ0n) is 13.4. The third-order valence-corrected chi connectivity index (χ3v) is 4.46. The van der Waals surface area contributed by atoms with Crippen molar-refractivity contribution in [2.45, 2.75) is 25.8 Å². The molecule has 0 spiro atoms. The summed E-state index contributed by atoms with van der Waals surface area (Å²) in [6, 6.07) is 9.47. The molecule has 0 fully saturated rings. The number of fused-ring (bicyclic) bond motifs is 1. The maximum absolute atomic E-state index is 12.6. The van der Waals surface area contributed by atoms with E-state index in [4.69, 9.17) is 0 Å². The molecule has 1 aliphatic carbocycles. The molecule has 8 nitrogen and oxygen atoms in total. The van der Waals surface area contributed by atoms with Crippen LogP contribution in [0.4, 0.5) is 11.4 Å². The van der Waals surface area contributed by atoms with Crippen LogP contribution in [0.25, 0.3) is 0 Å². The van der Waals surface area contributed by atoms with Crippen LogP contribution in [-0.2, 0) is 6.42 Å². The molecular weight excluding hydrogens is 326 g/mol. The number of nitro groups is 2. The molecule has 1 N–H and O–H groups in total. The summed E-state index contributed by atoms with van der Waals surface area (Å²) in [5, 5.41) is 25.0. The lowest BCUT2D eigenvalue weighted by molar-refractivity contribution is -0.394. The number of non-ortho nitro benzene ring substituents is 1. The molecule has 1 unspecified atom stereocenters. The Morgan fingerprint density at radius 1 is 1.16 bits per heavy atom. The first-order chi connectivity index (χ1) is 11.9. The number of hydrogen-bond donors (Lipinski definition) is 1. The van der Waals surface area contributed by atoms with Crippen molar-refractivity contribution in [3.63, 3.8) is 0 Å². The van der Waals surface area contributed by atoms with E-state index in [2.05, 4.69) is 5.32 Å². The van der Waals surface area contributed by atoms with Crippen LogP contribution in [-0.4, -0.2) is 15.8 Å². The lowest BCUT2D eigenvalue weighted by Gasteiger charge is -2.15. The van der Waals surface area contributed by atoms with E-state index >= 15 is 0 Å². The molecule has 0 aromatic heterocycles. The number of carbonyl (C=O) groups excluding carboxylic acids is 1. The van der Waals surface area contributed by atoms with Crippen LogP contribution in [0.3, 0.4) is 0 Å². The van der Waals surface area contributed by atoms with Crippen molar-refractivity contribution in [3.8, 4) is 0 Å². The lowest BCUT2D eigenvalue weighted by atomic mass is 10.0. The summed E-state index contributed by atoms with van der Waals surface area (Å²) >= 11 is 0. The molecule has 25 heavy (non-hydrogen) atoms. The number of carbonyl (C=O) groups is 1. The van der Waals surface area contributed by atoms with Gasteiger partial charge in [-0.2, -0.15) is 0 Å². The van der Waals surface area contributed by atoms with Crippen LogP contribution < -0.4 is 5.32 Å². The first-order valence-corrected chi connectivity index (χ1v) is 7.70. The van der Waals surface area contributed by atoms with Gasteiger partial charge in [-0.1, -0.05) is 24.3 Å². The van der Waals surface area contributed by atoms with Crippen molar-refractivity contribution in [2.24, 2.45) is 0 Å². The van der Waals surface area contributed by atoms with Gasteiger partial charge in [-0.15, -0.1) is 0 Å². The van der Waals surface area contributed by atoms with Gasteiger partial charge in [0, 0.05) is 11.6 Å². The highest BCUT2D eigenvalue weighted by atomic mass is 16.6. The summed E-state index contributed by atoms with van der Waals surface area (Å²) in [7, 11) is 0. The van der Waals surface area contributed by atoms with E-state index in [0.717, 1.165) is 36.1 Å². The molecule has 1 aliphatic rings. The quantitative estimate of drug-likeness (QED) is 0.677. The van der Waals surface area contributed by atoms with Crippen molar-refractivity contribution in [1.82, 2.24) is 5.32 Å². The molecule has 8 heteroatoms. The molecule has 0 saturated carbocycles. The van der Waals surface area contributed by atoms with Gasteiger partial charge >= 0.3 is 0 Å². The fourth-order valence-corrected chi connectivity index (χ4v) is 3.16. The lowest BCUT2D eigenvalue weighted by Crippen LogP contribution is -2.28. The largest absolute Gasteiger partial charge is 0.345 e. The molecule has 1 amide bonds. The predicted octanol–water partition coefficient (Wildman–Crippen LogP) is 3.23. The van der Waals surface area contributed by atoms with Gasteiger partial charge in [-0.05, 0) is 30.9 Å². The Kier molecular flexibility index (Phi) is 4.18. The van der Waals surface area contributed by atoms with E-state index < -0.39 is 27.1 Å². The summed E-state index contributed by atoms with van der Waals surface area (Å²) in [6.07, 6.45) is 1.55. The van der Waals surface area contributed by atoms with Crippen LogP contribution in [0.1, 0.15) is 39.5 Å². The highest BCUT2D eigenvalue weighted by molar-refractivity contribution is 5.97. The highest BCUT2D eigenvalue weighted by Crippen LogP contribution is 2.32. The van der Waals surface area contributed by atoms with Crippen molar-refractivity contribution in [2.75, 3.05) is 0 Å². The number of nitrogens with one attached hydrogen (secondary N) is 1. The molecule has 3 rings (SSSR count). The minimum atomic E-state index is -0.742. The number of rotatable bonds is 4. The second kappa shape index (κ2) is 6.31. The number of amides is 1. The van der Waals surface area contributed by atoms with Gasteiger partial charge < -0.3 is 5.32 Å². The molecule has 0 heterocycles. The number of benzene rings is 2. The second-order valence-electron chi connectivity index (χ2n) is 5.92. The van der Waals surface area contributed by atoms with Gasteiger partial charge in [-0.25, -0.2) is 0 Å². The van der Waals surface area contributed by atoms with Gasteiger partial charge in [0.05, 0.1) is 27.5 Å². The topological polar surface area (TPSA) is 115 Å². The Morgan fingerprint density at radius 3 is 2.56 bits per heavy atom. The number of aryl methyl sites for hydroxylation is 1. The predicted molar refractivity (Wildman–Crippen MR) is 89.5 cm³/mol. The van der Waals surface area contributed by atoms with Gasteiger partial charge in [0.1, 0.15) is 0 Å². The number of nitrogens with zero attached hydrogens (tertiary/aromatic N) is 2. The van der Waals surface area contributed by atoms with E-state index in [1.54, 1.807) is 0 Å². The third kappa shape index (κ3) is 3.06. The Morgan fingerprint density at radius 2 is 1.88 bits per heavy atom. The molecule has 1 atom stereocenters. The third-order valence-electron chi connectivity index (χ3n) is 4.46. The van der Waals surface area contributed by atoms with Crippen LogP contribution in [0.5, 0.6) is 0 Å². The average molecular weight is 341 g/mol. The standard InChI is InChI=1S/C17H15N3O5/c1-10-14(8-12(19(22)23)9-16(10)20(24)25)17(21)18-15-7-6-11-4-2-3-5-13(11)15/h2-5,8-9,15H,6-7H2,1H3,(H,18,21). The van der Waals surface area contributed by atoms with Crippen molar-refractivity contribution < 1.29 is 14.6 Å². The average Bonchev–Trinajstić information content (AvgIpc) is 2.97. The summed E-state index contributed by atoms with van der Waals surface area (Å²) in [5.74, 6) is -0.550. The summed E-state index contributed by atoms with van der Waals surface area (Å²) < 4.78 is 0. The van der Waals surface area contributed by atoms with Gasteiger partial charge in [-0.3, -0.25) is 25.0 Å². The summed E-state index contributed by atoms with van der Waals surface area (Å²) in [6.45, 7) is 1.42. The van der Waals surface area contributed by atoms with Crippen LogP contribution >= 0.6 is 0 Å². The highest BCUT2D eigenvalue weighted by Gasteiger charge is 2.28. The Bertz CT molecular complexity index is 894. The molecule has 128 valence electrons. The Hall–Kier alpha value is -3.29. The monoisotopic (exact) mass is 341 g/mol. The number of hydrogen-bond acceptors (Lipinski definition) is 5. The van der Waals surface area contributed by atoms with Gasteiger partial charge in [0.25, 0.3) is 17.3 Å². The summed E-state index contributed by atoms with van der Waals surface area (Å²) in [5.41, 5.74) is 1.30. The van der Waals surface area contributed by atoms with Crippen molar-refractivity contribution in [1.29, 1.82) is 0 Å². The van der Waals surface area contributed by atoms with E-state index in [-0.39, 0.29) is 17.2 Å². The molecule has 0 radical (unpaired) electrons. The SMILES string of the molecule is Cc1c(C(=O)NC2CCc3ccccc32)cc([N+](=O)[O-])cc1[N+](=O)[O-]. The van der Waals surface area contributed by atoms with Crippen LogP contribution in [0.2, 0.25) is 0 Å². The minimum absolute atomic E-state index is 0.0507. The maximum Gasteiger partial charge on any atom is 0.279 e. The first kappa shape index (κ1) is 16.6. The van der Waals surface area contributed by atoms with E-state index in [1.165, 1.54) is 6.92 Å². The van der Waals surface area contributed by atoms with Crippen LogP contribution in [0.15, 0.2) is 36.4 Å². The molecule has 2 aromatic rings. The fourth-order valence-electron chi connectivity index (χ4n) is 3.16. The van der Waals surface area contributed by atoms with Gasteiger partial charge in [0.15, 0.2) is 0 Å². The molecule has 0 bridgehead atoms. The summed E-state index contributed by atoms with van der Waals surface area (Å²) in [4.78, 5) is 33.3. The van der Waals surface area contributed by atoms with Crippen molar-refractivity contribution in [3.05, 3.63) is 78.9 Å². The second-order valence-corrected chi connectivity index (χ2v) is 5.92. The fraction of sp³-hybridized carbons (Fsp3) is 0.235. The Labute approximate surface area is 142 Å².